The van der Waals surface area contributed by atoms with Gasteiger partial charge in [-0.2, -0.15) is 0 Å². The molecule has 0 spiro atoms. The minimum atomic E-state index is 0.602. The zero-order chi connectivity index (χ0) is 30.0. The summed E-state index contributed by atoms with van der Waals surface area (Å²) in [5.41, 5.74) is 11.5. The smallest absolute Gasteiger partial charge is 0.227 e. The normalized spacial score (nSPS) is 11.1. The van der Waals surface area contributed by atoms with Gasteiger partial charge in [-0.3, -0.25) is 0 Å². The van der Waals surface area contributed by atoms with Gasteiger partial charge in [0.2, 0.25) is 5.89 Å². The van der Waals surface area contributed by atoms with E-state index in [-0.39, 0.29) is 0 Å². The molecule has 2 aromatic heterocycles. The fraction of sp³-hybridized carbons (Fsp3) is 0. The number of rotatable bonds is 6. The molecule has 4 heteroatoms. The third-order valence-electron chi connectivity index (χ3n) is 7.97. The molecule has 0 N–H and O–H groups in total. The molecule has 0 saturated carbocycles. The zero-order valence-electron chi connectivity index (χ0n) is 24.3. The molecule has 2 heterocycles. The standard InChI is InChI=1S/C41H27N3O/c1-4-13-28(14-5-1)29-23-25-31(26-24-29)40-42-37(30-15-6-2-7-16-30)27-38(43-40)34-20-11-10-19-33(34)35-21-12-22-36-39(35)45-41(44-36)32-17-8-3-9-18-32/h1-27H. The Balaban J connectivity index is 1.28. The number of nitrogens with zero attached hydrogens (tertiary/aromatic N) is 3. The van der Waals surface area contributed by atoms with E-state index in [1.54, 1.807) is 0 Å². The Bertz CT molecular complexity index is 2240. The van der Waals surface area contributed by atoms with Crippen molar-refractivity contribution in [3.63, 3.8) is 0 Å². The quantitative estimate of drug-likeness (QED) is 0.197. The molecule has 0 amide bonds. The number of hydrogen-bond donors (Lipinski definition) is 0. The van der Waals surface area contributed by atoms with E-state index in [4.69, 9.17) is 19.4 Å². The van der Waals surface area contributed by atoms with Gasteiger partial charge < -0.3 is 4.42 Å². The number of oxazole rings is 1. The predicted molar refractivity (Wildman–Crippen MR) is 182 cm³/mol. The van der Waals surface area contributed by atoms with Crippen LogP contribution in [0, 0.1) is 0 Å². The Labute approximate surface area is 261 Å². The fourth-order valence-electron chi connectivity index (χ4n) is 5.72. The molecule has 0 atom stereocenters. The predicted octanol–water partition coefficient (Wildman–Crippen LogP) is 10.6. The minimum Gasteiger partial charge on any atom is -0.435 e. The van der Waals surface area contributed by atoms with E-state index < -0.39 is 0 Å². The van der Waals surface area contributed by atoms with Crippen LogP contribution in [0.25, 0.3) is 78.7 Å². The molecule has 0 fully saturated rings. The van der Waals surface area contributed by atoms with Gasteiger partial charge in [0.1, 0.15) is 5.52 Å². The first-order valence-corrected chi connectivity index (χ1v) is 15.0. The van der Waals surface area contributed by atoms with Crippen LogP contribution in [0.4, 0.5) is 0 Å². The van der Waals surface area contributed by atoms with Crippen LogP contribution in [0.5, 0.6) is 0 Å². The summed E-state index contributed by atoms with van der Waals surface area (Å²) in [4.78, 5) is 15.0. The lowest BCUT2D eigenvalue weighted by atomic mass is 9.96. The summed E-state index contributed by atoms with van der Waals surface area (Å²) in [6.45, 7) is 0. The molecule has 45 heavy (non-hydrogen) atoms. The fourth-order valence-corrected chi connectivity index (χ4v) is 5.72. The Morgan fingerprint density at radius 3 is 1.60 bits per heavy atom. The van der Waals surface area contributed by atoms with Crippen LogP contribution in [-0.4, -0.2) is 15.0 Å². The van der Waals surface area contributed by atoms with Crippen molar-refractivity contribution >= 4 is 11.1 Å². The largest absolute Gasteiger partial charge is 0.435 e. The van der Waals surface area contributed by atoms with Crippen molar-refractivity contribution in [3.05, 3.63) is 164 Å². The van der Waals surface area contributed by atoms with Gasteiger partial charge in [0, 0.05) is 27.8 Å². The van der Waals surface area contributed by atoms with Crippen LogP contribution in [0.1, 0.15) is 0 Å². The van der Waals surface area contributed by atoms with Gasteiger partial charge in [0.05, 0.1) is 11.4 Å². The molecular formula is C41H27N3O. The van der Waals surface area contributed by atoms with Crippen LogP contribution >= 0.6 is 0 Å². The molecule has 0 unspecified atom stereocenters. The Morgan fingerprint density at radius 1 is 0.356 bits per heavy atom. The summed E-state index contributed by atoms with van der Waals surface area (Å²) in [7, 11) is 0. The lowest BCUT2D eigenvalue weighted by molar-refractivity contribution is 0.621. The summed E-state index contributed by atoms with van der Waals surface area (Å²) in [5.74, 6) is 1.27. The summed E-state index contributed by atoms with van der Waals surface area (Å²) in [5, 5.41) is 0. The highest BCUT2D eigenvalue weighted by molar-refractivity contribution is 5.96. The molecular weight excluding hydrogens is 550 g/mol. The minimum absolute atomic E-state index is 0.602. The van der Waals surface area contributed by atoms with Crippen molar-refractivity contribution < 1.29 is 4.42 Å². The molecule has 8 aromatic rings. The second-order valence-corrected chi connectivity index (χ2v) is 10.9. The van der Waals surface area contributed by atoms with Gasteiger partial charge >= 0.3 is 0 Å². The highest BCUT2D eigenvalue weighted by Gasteiger charge is 2.18. The van der Waals surface area contributed by atoms with E-state index in [0.29, 0.717) is 11.7 Å². The van der Waals surface area contributed by atoms with Gasteiger partial charge in [-0.25, -0.2) is 15.0 Å². The number of aromatic nitrogens is 3. The maximum Gasteiger partial charge on any atom is 0.227 e. The molecule has 0 aliphatic carbocycles. The lowest BCUT2D eigenvalue weighted by Crippen LogP contribution is -1.97. The average Bonchev–Trinajstić information content (AvgIpc) is 3.58. The molecule has 4 nitrogen and oxygen atoms in total. The zero-order valence-corrected chi connectivity index (χ0v) is 24.3. The van der Waals surface area contributed by atoms with Crippen LogP contribution in [0.15, 0.2) is 168 Å². The van der Waals surface area contributed by atoms with Crippen molar-refractivity contribution in [3.8, 4) is 67.6 Å². The molecule has 8 rings (SSSR count). The van der Waals surface area contributed by atoms with Crippen LogP contribution < -0.4 is 0 Å². The van der Waals surface area contributed by atoms with Gasteiger partial charge in [-0.05, 0) is 41.0 Å². The van der Waals surface area contributed by atoms with Crippen molar-refractivity contribution in [2.24, 2.45) is 0 Å². The van der Waals surface area contributed by atoms with Crippen LogP contribution in [0.3, 0.4) is 0 Å². The summed E-state index contributed by atoms with van der Waals surface area (Å²) >= 11 is 0. The van der Waals surface area contributed by atoms with Crippen LogP contribution in [0.2, 0.25) is 0 Å². The SMILES string of the molecule is c1ccc(-c2ccc(-c3nc(-c4ccccc4)cc(-c4ccccc4-c4cccc5nc(-c6ccccc6)oc45)n3)cc2)cc1. The monoisotopic (exact) mass is 577 g/mol. The van der Waals surface area contributed by atoms with E-state index in [9.17, 15) is 0 Å². The summed E-state index contributed by atoms with van der Waals surface area (Å²) < 4.78 is 6.42. The van der Waals surface area contributed by atoms with Gasteiger partial charge in [-0.1, -0.05) is 140 Å². The van der Waals surface area contributed by atoms with Crippen molar-refractivity contribution in [2.45, 2.75) is 0 Å². The second kappa shape index (κ2) is 11.5. The first kappa shape index (κ1) is 26.5. The molecule has 212 valence electrons. The molecule has 6 aromatic carbocycles. The van der Waals surface area contributed by atoms with Gasteiger partial charge in [-0.15, -0.1) is 0 Å². The van der Waals surface area contributed by atoms with Gasteiger partial charge in [0.25, 0.3) is 0 Å². The van der Waals surface area contributed by atoms with E-state index in [2.05, 4.69) is 91.0 Å². The Hall–Kier alpha value is -6.13. The molecule has 0 bridgehead atoms. The third kappa shape index (κ3) is 5.19. The molecule has 0 radical (unpaired) electrons. The van der Waals surface area contributed by atoms with E-state index in [0.717, 1.165) is 61.4 Å². The van der Waals surface area contributed by atoms with Crippen LogP contribution in [-0.2, 0) is 0 Å². The van der Waals surface area contributed by atoms with E-state index in [1.807, 2.05) is 72.8 Å². The second-order valence-electron chi connectivity index (χ2n) is 10.9. The third-order valence-corrected chi connectivity index (χ3v) is 7.97. The maximum atomic E-state index is 6.42. The summed E-state index contributed by atoms with van der Waals surface area (Å²) in [6, 6.07) is 55.6. The number of fused-ring (bicyclic) bond motifs is 1. The Morgan fingerprint density at radius 2 is 0.889 bits per heavy atom. The number of para-hydroxylation sites is 1. The molecule has 0 aliphatic rings. The Kier molecular flexibility index (Phi) is 6.78. The number of benzene rings is 6. The first-order valence-electron chi connectivity index (χ1n) is 15.0. The van der Waals surface area contributed by atoms with Gasteiger partial charge in [0.15, 0.2) is 11.4 Å². The average molecular weight is 578 g/mol. The molecule has 0 aliphatic heterocycles. The van der Waals surface area contributed by atoms with E-state index >= 15 is 0 Å². The highest BCUT2D eigenvalue weighted by atomic mass is 16.3. The first-order chi connectivity index (χ1) is 22.3. The van der Waals surface area contributed by atoms with Crippen molar-refractivity contribution in [1.29, 1.82) is 0 Å². The maximum absolute atomic E-state index is 6.42. The number of hydrogen-bond acceptors (Lipinski definition) is 4. The lowest BCUT2D eigenvalue weighted by Gasteiger charge is -2.13. The highest BCUT2D eigenvalue weighted by Crippen LogP contribution is 2.38. The molecule has 0 saturated heterocycles. The van der Waals surface area contributed by atoms with E-state index in [1.165, 1.54) is 5.56 Å². The van der Waals surface area contributed by atoms with Crippen molar-refractivity contribution in [1.82, 2.24) is 15.0 Å². The topological polar surface area (TPSA) is 51.8 Å². The van der Waals surface area contributed by atoms with Crippen molar-refractivity contribution in [2.75, 3.05) is 0 Å². The summed E-state index contributed by atoms with van der Waals surface area (Å²) in [6.07, 6.45) is 0.